The molecule has 1 aliphatic carbocycles. The highest BCUT2D eigenvalue weighted by Crippen LogP contribution is 2.23. The minimum absolute atomic E-state index is 0.0263. The summed E-state index contributed by atoms with van der Waals surface area (Å²) in [7, 11) is -1.14. The molecule has 0 heterocycles. The van der Waals surface area contributed by atoms with E-state index in [2.05, 4.69) is 5.32 Å². The van der Waals surface area contributed by atoms with Crippen LogP contribution in [0.15, 0.2) is 18.2 Å². The first-order chi connectivity index (χ1) is 9.06. The predicted octanol–water partition coefficient (Wildman–Crippen LogP) is 2.04. The van der Waals surface area contributed by atoms with E-state index in [-0.39, 0.29) is 22.6 Å². The zero-order chi connectivity index (χ0) is 13.8. The topological polar surface area (TPSA) is 72.2 Å². The Morgan fingerprint density at radius 2 is 2.11 bits per heavy atom. The van der Waals surface area contributed by atoms with Gasteiger partial charge >= 0.3 is 0 Å². The van der Waals surface area contributed by atoms with E-state index in [0.717, 1.165) is 31.7 Å². The zero-order valence-electron chi connectivity index (χ0n) is 10.5. The third kappa shape index (κ3) is 3.76. The monoisotopic (exact) mass is 284 g/mol. The number of hydrogen-bond donors (Lipinski definition) is 2. The van der Waals surface area contributed by atoms with E-state index in [4.69, 9.17) is 5.73 Å². The van der Waals surface area contributed by atoms with Crippen molar-refractivity contribution in [2.24, 2.45) is 0 Å². The molecule has 1 aliphatic rings. The molecule has 1 atom stereocenters. The quantitative estimate of drug-likeness (QED) is 0.831. The number of rotatable bonds is 4. The molecule has 0 bridgehead atoms. The van der Waals surface area contributed by atoms with E-state index in [1.165, 1.54) is 12.1 Å². The SMILES string of the molecule is Nc1cc(F)ccc1NC(=O)CS(=O)C1CCCC1. The molecule has 1 aromatic carbocycles. The summed E-state index contributed by atoms with van der Waals surface area (Å²) in [5.74, 6) is -0.824. The van der Waals surface area contributed by atoms with Gasteiger partial charge in [0.1, 0.15) is 11.6 Å². The van der Waals surface area contributed by atoms with Crippen LogP contribution in [-0.2, 0) is 15.6 Å². The lowest BCUT2D eigenvalue weighted by Gasteiger charge is -2.11. The molecule has 6 heteroatoms. The van der Waals surface area contributed by atoms with Gasteiger partial charge in [0.2, 0.25) is 5.91 Å². The highest BCUT2D eigenvalue weighted by molar-refractivity contribution is 7.86. The van der Waals surface area contributed by atoms with E-state index in [1.807, 2.05) is 0 Å². The van der Waals surface area contributed by atoms with Gasteiger partial charge in [-0.05, 0) is 31.0 Å². The van der Waals surface area contributed by atoms with E-state index in [9.17, 15) is 13.4 Å². The fraction of sp³-hybridized carbons (Fsp3) is 0.462. The van der Waals surface area contributed by atoms with Crippen molar-refractivity contribution in [1.29, 1.82) is 0 Å². The lowest BCUT2D eigenvalue weighted by molar-refractivity contribution is -0.113. The molecule has 104 valence electrons. The molecule has 1 saturated carbocycles. The Bertz CT molecular complexity index is 501. The number of benzene rings is 1. The van der Waals surface area contributed by atoms with E-state index >= 15 is 0 Å². The van der Waals surface area contributed by atoms with Gasteiger partial charge in [-0.2, -0.15) is 0 Å². The summed E-state index contributed by atoms with van der Waals surface area (Å²) in [6.45, 7) is 0. The van der Waals surface area contributed by atoms with Gasteiger partial charge in [-0.1, -0.05) is 12.8 Å². The Morgan fingerprint density at radius 1 is 1.42 bits per heavy atom. The molecule has 1 unspecified atom stereocenters. The fourth-order valence-corrected chi connectivity index (χ4v) is 3.66. The second-order valence-electron chi connectivity index (χ2n) is 4.71. The number of anilines is 2. The van der Waals surface area contributed by atoms with Gasteiger partial charge in [0.05, 0.1) is 11.4 Å². The van der Waals surface area contributed by atoms with Gasteiger partial charge < -0.3 is 11.1 Å². The maximum absolute atomic E-state index is 12.9. The number of carbonyl (C=O) groups excluding carboxylic acids is 1. The molecule has 19 heavy (non-hydrogen) atoms. The van der Waals surface area contributed by atoms with E-state index in [1.54, 1.807) is 0 Å². The van der Waals surface area contributed by atoms with Gasteiger partial charge in [-0.25, -0.2) is 4.39 Å². The summed E-state index contributed by atoms with van der Waals surface area (Å²) >= 11 is 0. The van der Waals surface area contributed by atoms with E-state index in [0.29, 0.717) is 5.69 Å². The van der Waals surface area contributed by atoms with Gasteiger partial charge in [0, 0.05) is 16.0 Å². The van der Waals surface area contributed by atoms with Gasteiger partial charge in [0.25, 0.3) is 0 Å². The lowest BCUT2D eigenvalue weighted by Crippen LogP contribution is -2.25. The Labute approximate surface area is 114 Å². The summed E-state index contributed by atoms with van der Waals surface area (Å²) in [4.78, 5) is 11.8. The second kappa shape index (κ2) is 6.14. The summed E-state index contributed by atoms with van der Waals surface area (Å²) in [5, 5.41) is 2.70. The number of amides is 1. The lowest BCUT2D eigenvalue weighted by atomic mass is 10.2. The van der Waals surface area contributed by atoms with Crippen LogP contribution < -0.4 is 11.1 Å². The van der Waals surface area contributed by atoms with Crippen LogP contribution in [0.25, 0.3) is 0 Å². The van der Waals surface area contributed by atoms with Crippen LogP contribution in [-0.4, -0.2) is 21.1 Å². The fourth-order valence-electron chi connectivity index (χ4n) is 2.23. The van der Waals surface area contributed by atoms with Crippen LogP contribution in [0.4, 0.5) is 15.8 Å². The summed E-state index contributed by atoms with van der Waals surface area (Å²) in [5.41, 5.74) is 6.12. The molecule has 2 rings (SSSR count). The zero-order valence-corrected chi connectivity index (χ0v) is 11.3. The maximum atomic E-state index is 12.9. The molecule has 0 radical (unpaired) electrons. The van der Waals surface area contributed by atoms with Gasteiger partial charge in [0.15, 0.2) is 0 Å². The third-order valence-electron chi connectivity index (χ3n) is 3.24. The number of nitrogens with two attached hydrogens (primary N) is 1. The molecule has 3 N–H and O–H groups in total. The highest BCUT2D eigenvalue weighted by atomic mass is 32.2. The average molecular weight is 284 g/mol. The standard InChI is InChI=1S/C13H17FN2O2S/c14-9-5-6-12(11(15)7-9)16-13(17)8-19(18)10-3-1-2-4-10/h5-7,10H,1-4,8,15H2,(H,16,17). The number of hydrogen-bond acceptors (Lipinski definition) is 3. The predicted molar refractivity (Wildman–Crippen MR) is 74.7 cm³/mol. The highest BCUT2D eigenvalue weighted by Gasteiger charge is 2.23. The molecule has 1 amide bonds. The molecule has 0 aromatic heterocycles. The summed E-state index contributed by atoms with van der Waals surface area (Å²) < 4.78 is 24.8. The molecular weight excluding hydrogens is 267 g/mol. The third-order valence-corrected chi connectivity index (χ3v) is 5.00. The molecule has 4 nitrogen and oxygen atoms in total. The normalized spacial score (nSPS) is 17.3. The minimum Gasteiger partial charge on any atom is -0.397 e. The van der Waals surface area contributed by atoms with Crippen molar-refractivity contribution in [1.82, 2.24) is 0 Å². The Morgan fingerprint density at radius 3 is 2.74 bits per heavy atom. The number of nitrogen functional groups attached to an aromatic ring is 1. The second-order valence-corrected chi connectivity index (χ2v) is 6.43. The first kappa shape index (κ1) is 14.0. The van der Waals surface area contributed by atoms with Crippen LogP contribution in [0.3, 0.4) is 0 Å². The number of carbonyl (C=O) groups is 1. The first-order valence-electron chi connectivity index (χ1n) is 6.28. The van der Waals surface area contributed by atoms with Gasteiger partial charge in [-0.3, -0.25) is 9.00 Å². The number of nitrogens with one attached hydrogen (secondary N) is 1. The Balaban J connectivity index is 1.91. The largest absolute Gasteiger partial charge is 0.397 e. The van der Waals surface area contributed by atoms with Crippen molar-refractivity contribution >= 4 is 28.1 Å². The molecule has 0 aliphatic heterocycles. The minimum atomic E-state index is -1.14. The summed E-state index contributed by atoms with van der Waals surface area (Å²) in [6, 6.07) is 3.77. The molecule has 0 saturated heterocycles. The Hall–Kier alpha value is -1.43. The molecular formula is C13H17FN2O2S. The van der Waals surface area contributed by atoms with Crippen molar-refractivity contribution in [3.8, 4) is 0 Å². The van der Waals surface area contributed by atoms with Crippen molar-refractivity contribution in [2.75, 3.05) is 16.8 Å². The average Bonchev–Trinajstić information content (AvgIpc) is 2.86. The van der Waals surface area contributed by atoms with E-state index < -0.39 is 16.6 Å². The Kier molecular flexibility index (Phi) is 4.52. The van der Waals surface area contributed by atoms with Crippen molar-refractivity contribution in [2.45, 2.75) is 30.9 Å². The van der Waals surface area contributed by atoms with Gasteiger partial charge in [-0.15, -0.1) is 0 Å². The maximum Gasteiger partial charge on any atom is 0.237 e. The van der Waals surface area contributed by atoms with Crippen LogP contribution in [0.2, 0.25) is 0 Å². The van der Waals surface area contributed by atoms with Crippen molar-refractivity contribution < 1.29 is 13.4 Å². The first-order valence-corrected chi connectivity index (χ1v) is 7.66. The van der Waals surface area contributed by atoms with Crippen LogP contribution in [0.1, 0.15) is 25.7 Å². The van der Waals surface area contributed by atoms with Crippen LogP contribution in [0.5, 0.6) is 0 Å². The van der Waals surface area contributed by atoms with Crippen LogP contribution >= 0.6 is 0 Å². The molecule has 1 aromatic rings. The van der Waals surface area contributed by atoms with Crippen molar-refractivity contribution in [3.05, 3.63) is 24.0 Å². The molecule has 0 spiro atoms. The number of halogens is 1. The molecule has 1 fully saturated rings. The van der Waals surface area contributed by atoms with Crippen LogP contribution in [0, 0.1) is 5.82 Å². The summed E-state index contributed by atoms with van der Waals surface area (Å²) in [6.07, 6.45) is 4.03. The van der Waals surface area contributed by atoms with Crippen molar-refractivity contribution in [3.63, 3.8) is 0 Å². The smallest absolute Gasteiger partial charge is 0.237 e.